The molecule has 0 spiro atoms. The predicted octanol–water partition coefficient (Wildman–Crippen LogP) is 3.96. The van der Waals surface area contributed by atoms with Crippen LogP contribution in [0.3, 0.4) is 0 Å². The standard InChI is InChI=1S/C20H25NO3/c1-2-4-15-6-7-17-19(13-15)23-11-8-18-20(17)24-12-9-21(18)14-16-5-3-10-22-16/h3,5-7,10,13,18,20H,2,4,8-9,11-12,14H2,1H3. The number of benzene rings is 1. The number of hydrogen-bond donors (Lipinski definition) is 0. The molecule has 2 unspecified atom stereocenters. The lowest BCUT2D eigenvalue weighted by Gasteiger charge is -2.40. The molecule has 1 aromatic carbocycles. The average molecular weight is 327 g/mol. The fraction of sp³-hybridized carbons (Fsp3) is 0.500. The zero-order valence-electron chi connectivity index (χ0n) is 14.2. The molecule has 2 aromatic rings. The van der Waals surface area contributed by atoms with E-state index in [9.17, 15) is 0 Å². The van der Waals surface area contributed by atoms with Crippen molar-refractivity contribution in [1.82, 2.24) is 4.90 Å². The molecule has 2 aliphatic heterocycles. The Morgan fingerprint density at radius 3 is 3.00 bits per heavy atom. The molecule has 0 saturated carbocycles. The molecule has 1 aromatic heterocycles. The molecular weight excluding hydrogens is 302 g/mol. The van der Waals surface area contributed by atoms with Gasteiger partial charge in [0.05, 0.1) is 26.0 Å². The van der Waals surface area contributed by atoms with Crippen molar-refractivity contribution < 1.29 is 13.9 Å². The third kappa shape index (κ3) is 3.08. The molecule has 4 nitrogen and oxygen atoms in total. The second-order valence-corrected chi connectivity index (χ2v) is 6.67. The lowest BCUT2D eigenvalue weighted by Crippen LogP contribution is -2.46. The number of furan rings is 1. The summed E-state index contributed by atoms with van der Waals surface area (Å²) in [4.78, 5) is 2.48. The van der Waals surface area contributed by atoms with E-state index in [1.807, 2.05) is 12.1 Å². The van der Waals surface area contributed by atoms with Gasteiger partial charge in [0, 0.05) is 18.2 Å². The molecule has 0 N–H and O–H groups in total. The minimum Gasteiger partial charge on any atom is -0.493 e. The van der Waals surface area contributed by atoms with Gasteiger partial charge in [-0.1, -0.05) is 25.5 Å². The lowest BCUT2D eigenvalue weighted by molar-refractivity contribution is -0.0794. The number of nitrogens with zero attached hydrogens (tertiary/aromatic N) is 1. The fourth-order valence-corrected chi connectivity index (χ4v) is 3.87. The Hall–Kier alpha value is -1.78. The van der Waals surface area contributed by atoms with Gasteiger partial charge in [-0.2, -0.15) is 0 Å². The van der Waals surface area contributed by atoms with E-state index < -0.39 is 0 Å². The average Bonchev–Trinajstić information content (AvgIpc) is 3.02. The summed E-state index contributed by atoms with van der Waals surface area (Å²) in [6, 6.07) is 11.0. The Morgan fingerprint density at radius 2 is 2.17 bits per heavy atom. The van der Waals surface area contributed by atoms with Crippen LogP contribution in [0.15, 0.2) is 41.0 Å². The van der Waals surface area contributed by atoms with E-state index in [2.05, 4.69) is 30.0 Å². The maximum Gasteiger partial charge on any atom is 0.125 e. The van der Waals surface area contributed by atoms with E-state index in [1.165, 1.54) is 11.1 Å². The summed E-state index contributed by atoms with van der Waals surface area (Å²) < 4.78 is 17.8. The minimum absolute atomic E-state index is 0.0851. The van der Waals surface area contributed by atoms with Gasteiger partial charge in [-0.3, -0.25) is 4.90 Å². The highest BCUT2D eigenvalue weighted by Crippen LogP contribution is 2.39. The first-order chi connectivity index (χ1) is 11.8. The summed E-state index contributed by atoms with van der Waals surface area (Å²) in [7, 11) is 0. The second kappa shape index (κ2) is 6.99. The zero-order chi connectivity index (χ0) is 16.4. The Labute approximate surface area is 143 Å². The first-order valence-electron chi connectivity index (χ1n) is 8.99. The van der Waals surface area contributed by atoms with Crippen LogP contribution in [-0.4, -0.2) is 30.7 Å². The summed E-state index contributed by atoms with van der Waals surface area (Å²) in [5.74, 6) is 2.02. The first kappa shape index (κ1) is 15.7. The SMILES string of the molecule is CCCc1ccc2c(c1)OCCC1C2OCCN1Cc1ccco1. The molecule has 0 radical (unpaired) electrons. The summed E-state index contributed by atoms with van der Waals surface area (Å²) >= 11 is 0. The fourth-order valence-electron chi connectivity index (χ4n) is 3.87. The van der Waals surface area contributed by atoms with Crippen LogP contribution in [0.4, 0.5) is 0 Å². The molecule has 3 heterocycles. The highest BCUT2D eigenvalue weighted by atomic mass is 16.5. The van der Waals surface area contributed by atoms with Crippen LogP contribution in [0.2, 0.25) is 0 Å². The topological polar surface area (TPSA) is 34.8 Å². The summed E-state index contributed by atoms with van der Waals surface area (Å²) in [6.07, 6.45) is 5.05. The van der Waals surface area contributed by atoms with Gasteiger partial charge in [-0.15, -0.1) is 0 Å². The van der Waals surface area contributed by atoms with Crippen LogP contribution in [0.5, 0.6) is 5.75 Å². The van der Waals surface area contributed by atoms with Crippen molar-refractivity contribution >= 4 is 0 Å². The van der Waals surface area contributed by atoms with Gasteiger partial charge in [0.2, 0.25) is 0 Å². The van der Waals surface area contributed by atoms with Crippen molar-refractivity contribution in [2.24, 2.45) is 0 Å². The molecule has 4 rings (SSSR count). The van der Waals surface area contributed by atoms with Crippen molar-refractivity contribution in [1.29, 1.82) is 0 Å². The van der Waals surface area contributed by atoms with Gasteiger partial charge in [0.15, 0.2) is 0 Å². The normalized spacial score (nSPS) is 23.9. The van der Waals surface area contributed by atoms with Crippen LogP contribution < -0.4 is 4.74 Å². The van der Waals surface area contributed by atoms with Gasteiger partial charge in [0.25, 0.3) is 0 Å². The quantitative estimate of drug-likeness (QED) is 0.851. The third-order valence-corrected chi connectivity index (χ3v) is 5.03. The molecule has 0 bridgehead atoms. The molecule has 0 amide bonds. The number of aryl methyl sites for hydroxylation is 1. The maximum absolute atomic E-state index is 6.19. The Bertz CT molecular complexity index is 668. The van der Waals surface area contributed by atoms with E-state index in [0.717, 1.165) is 57.1 Å². The highest BCUT2D eigenvalue weighted by Gasteiger charge is 2.37. The number of rotatable bonds is 4. The number of hydrogen-bond acceptors (Lipinski definition) is 4. The van der Waals surface area contributed by atoms with Crippen LogP contribution in [0, 0.1) is 0 Å². The number of fused-ring (bicyclic) bond motifs is 3. The highest BCUT2D eigenvalue weighted by molar-refractivity contribution is 5.41. The molecule has 2 aliphatic rings. The summed E-state index contributed by atoms with van der Waals surface area (Å²) in [5.41, 5.74) is 2.54. The van der Waals surface area contributed by atoms with Gasteiger partial charge in [0.1, 0.15) is 17.6 Å². The van der Waals surface area contributed by atoms with E-state index in [1.54, 1.807) is 6.26 Å². The smallest absolute Gasteiger partial charge is 0.125 e. The van der Waals surface area contributed by atoms with E-state index in [-0.39, 0.29) is 6.10 Å². The van der Waals surface area contributed by atoms with Crippen LogP contribution >= 0.6 is 0 Å². The van der Waals surface area contributed by atoms with E-state index >= 15 is 0 Å². The van der Waals surface area contributed by atoms with Gasteiger partial charge in [-0.25, -0.2) is 0 Å². The maximum atomic E-state index is 6.19. The van der Waals surface area contributed by atoms with Gasteiger partial charge >= 0.3 is 0 Å². The van der Waals surface area contributed by atoms with Gasteiger partial charge in [-0.05, 0) is 36.6 Å². The van der Waals surface area contributed by atoms with Crippen molar-refractivity contribution in [3.8, 4) is 5.75 Å². The molecule has 24 heavy (non-hydrogen) atoms. The van der Waals surface area contributed by atoms with Crippen molar-refractivity contribution in [3.05, 3.63) is 53.5 Å². The van der Waals surface area contributed by atoms with E-state index in [4.69, 9.17) is 13.9 Å². The Balaban J connectivity index is 1.60. The lowest BCUT2D eigenvalue weighted by atomic mass is 9.95. The molecule has 1 fully saturated rings. The molecule has 128 valence electrons. The molecule has 1 saturated heterocycles. The third-order valence-electron chi connectivity index (χ3n) is 5.03. The number of morpholine rings is 1. The van der Waals surface area contributed by atoms with Crippen molar-refractivity contribution in [2.75, 3.05) is 19.8 Å². The summed E-state index contributed by atoms with van der Waals surface area (Å²) in [6.45, 7) is 5.46. The van der Waals surface area contributed by atoms with Crippen LogP contribution in [0.25, 0.3) is 0 Å². The van der Waals surface area contributed by atoms with E-state index in [0.29, 0.717) is 6.04 Å². The minimum atomic E-state index is 0.0851. The van der Waals surface area contributed by atoms with Gasteiger partial charge < -0.3 is 13.9 Å². The number of ether oxygens (including phenoxy) is 2. The zero-order valence-corrected chi connectivity index (χ0v) is 14.2. The second-order valence-electron chi connectivity index (χ2n) is 6.67. The first-order valence-corrected chi connectivity index (χ1v) is 8.99. The predicted molar refractivity (Wildman–Crippen MR) is 92.1 cm³/mol. The monoisotopic (exact) mass is 327 g/mol. The van der Waals surface area contributed by atoms with Crippen LogP contribution in [-0.2, 0) is 17.7 Å². The molecule has 4 heteroatoms. The Kier molecular flexibility index (Phi) is 4.58. The Morgan fingerprint density at radius 1 is 1.21 bits per heavy atom. The molecule has 2 atom stereocenters. The van der Waals surface area contributed by atoms with Crippen LogP contribution in [0.1, 0.15) is 42.8 Å². The molecule has 0 aliphatic carbocycles. The largest absolute Gasteiger partial charge is 0.493 e. The van der Waals surface area contributed by atoms with Crippen molar-refractivity contribution in [3.63, 3.8) is 0 Å². The van der Waals surface area contributed by atoms with Crippen molar-refractivity contribution in [2.45, 2.75) is 44.9 Å². The molecular formula is C20H25NO3. The summed E-state index contributed by atoms with van der Waals surface area (Å²) in [5, 5.41) is 0.